The third-order valence-electron chi connectivity index (χ3n) is 7.70. The predicted octanol–water partition coefficient (Wildman–Crippen LogP) is 4.33. The van der Waals surface area contributed by atoms with Gasteiger partial charge in [-0.15, -0.1) is 0 Å². The number of benzene rings is 2. The van der Waals surface area contributed by atoms with Gasteiger partial charge in [-0.05, 0) is 61.6 Å². The summed E-state index contributed by atoms with van der Waals surface area (Å²) in [6.07, 6.45) is 4.95. The van der Waals surface area contributed by atoms with Crippen LogP contribution < -0.4 is 20.9 Å². The fourth-order valence-electron chi connectivity index (χ4n) is 4.73. The van der Waals surface area contributed by atoms with Crippen LogP contribution in [-0.2, 0) is 16.7 Å². The number of aryl methyl sites for hydroxylation is 1. The Morgan fingerprint density at radius 1 is 1.13 bits per heavy atom. The molecule has 2 aromatic carbocycles. The SMILES string of the molecule is CCC1(COc2c(N3CCN(S(=O)Cc4ccc(C)c(N)c4)CC3)cnn(-c3cccc(Cl)c3)c2=O)CC1. The molecule has 10 heteroatoms. The number of nitrogen functional groups attached to an aromatic ring is 1. The summed E-state index contributed by atoms with van der Waals surface area (Å²) in [5, 5.41) is 5.00. The zero-order chi connectivity index (χ0) is 26.9. The Labute approximate surface area is 230 Å². The standard InChI is InChI=1S/C28H34ClN5O3S/c1-3-28(9-10-28)19-37-26-25(17-31-34(27(26)35)23-6-4-5-22(29)16-23)32-11-13-33(14-12-32)38(36)18-21-8-7-20(2)24(30)15-21/h4-8,15-17H,3,9-14,18-19,30H2,1-2H3. The van der Waals surface area contributed by atoms with E-state index < -0.39 is 11.0 Å². The topological polar surface area (TPSA) is 93.7 Å². The molecule has 1 unspecified atom stereocenters. The van der Waals surface area contributed by atoms with Gasteiger partial charge < -0.3 is 15.4 Å². The fraction of sp³-hybridized carbons (Fsp3) is 0.429. The van der Waals surface area contributed by atoms with Crippen molar-refractivity contribution in [3.63, 3.8) is 0 Å². The molecule has 1 saturated heterocycles. The highest BCUT2D eigenvalue weighted by molar-refractivity contribution is 7.81. The van der Waals surface area contributed by atoms with Crippen molar-refractivity contribution in [3.8, 4) is 11.4 Å². The van der Waals surface area contributed by atoms with Gasteiger partial charge in [0.05, 0.1) is 35.2 Å². The Morgan fingerprint density at radius 3 is 2.55 bits per heavy atom. The third kappa shape index (κ3) is 5.75. The molecular weight excluding hydrogens is 522 g/mol. The van der Waals surface area contributed by atoms with E-state index in [2.05, 4.69) is 16.9 Å². The van der Waals surface area contributed by atoms with Crippen molar-refractivity contribution in [2.75, 3.05) is 43.4 Å². The summed E-state index contributed by atoms with van der Waals surface area (Å²) in [7, 11) is -1.17. The van der Waals surface area contributed by atoms with E-state index in [-0.39, 0.29) is 11.0 Å². The number of halogens is 1. The van der Waals surface area contributed by atoms with Crippen LogP contribution in [0.15, 0.2) is 53.5 Å². The van der Waals surface area contributed by atoms with Gasteiger partial charge in [0.15, 0.2) is 0 Å². The van der Waals surface area contributed by atoms with Crippen molar-refractivity contribution in [1.82, 2.24) is 14.1 Å². The molecule has 0 bridgehead atoms. The fourth-order valence-corrected chi connectivity index (χ4v) is 6.13. The van der Waals surface area contributed by atoms with E-state index in [1.165, 1.54) is 4.68 Å². The molecule has 202 valence electrons. The van der Waals surface area contributed by atoms with Crippen LogP contribution in [0.1, 0.15) is 37.3 Å². The highest BCUT2D eigenvalue weighted by Gasteiger charge is 2.42. The first-order chi connectivity index (χ1) is 18.3. The zero-order valence-corrected chi connectivity index (χ0v) is 23.4. The molecule has 8 nitrogen and oxygen atoms in total. The molecule has 2 fully saturated rings. The molecule has 0 amide bonds. The van der Waals surface area contributed by atoms with Gasteiger partial charge in [0.1, 0.15) is 5.69 Å². The summed E-state index contributed by atoms with van der Waals surface area (Å²) in [6, 6.07) is 12.9. The number of hydrogen-bond donors (Lipinski definition) is 1. The molecule has 0 spiro atoms. The average Bonchev–Trinajstić information content (AvgIpc) is 3.70. The normalized spacial score (nSPS) is 17.8. The Hall–Kier alpha value is -2.88. The van der Waals surface area contributed by atoms with Crippen LogP contribution in [0.3, 0.4) is 0 Å². The maximum atomic E-state index is 13.6. The Kier molecular flexibility index (Phi) is 7.79. The lowest BCUT2D eigenvalue weighted by atomic mass is 10.1. The number of aromatic nitrogens is 2. The minimum atomic E-state index is -1.17. The van der Waals surface area contributed by atoms with Crippen LogP contribution >= 0.6 is 11.6 Å². The van der Waals surface area contributed by atoms with Gasteiger partial charge >= 0.3 is 5.56 Å². The van der Waals surface area contributed by atoms with Gasteiger partial charge in [0.25, 0.3) is 0 Å². The van der Waals surface area contributed by atoms with E-state index in [9.17, 15) is 9.00 Å². The summed E-state index contributed by atoms with van der Waals surface area (Å²) >= 11 is 6.17. The van der Waals surface area contributed by atoms with Gasteiger partial charge in [-0.1, -0.05) is 36.7 Å². The van der Waals surface area contributed by atoms with Gasteiger partial charge in [0, 0.05) is 42.3 Å². The second kappa shape index (κ2) is 11.1. The quantitative estimate of drug-likeness (QED) is 0.395. The highest BCUT2D eigenvalue weighted by atomic mass is 35.5. The summed E-state index contributed by atoms with van der Waals surface area (Å²) in [4.78, 5) is 15.7. The second-order valence-corrected chi connectivity index (χ2v) is 12.2. The van der Waals surface area contributed by atoms with Gasteiger partial charge in [-0.2, -0.15) is 9.78 Å². The molecular formula is C28H34ClN5O3S. The summed E-state index contributed by atoms with van der Waals surface area (Å²) in [5.41, 5.74) is 9.84. The largest absolute Gasteiger partial charge is 0.486 e. The maximum absolute atomic E-state index is 13.6. The van der Waals surface area contributed by atoms with Gasteiger partial charge in [-0.25, -0.2) is 8.51 Å². The molecule has 1 atom stereocenters. The van der Waals surface area contributed by atoms with Crippen LogP contribution in [0.25, 0.3) is 5.69 Å². The molecule has 1 aliphatic heterocycles. The molecule has 1 aromatic heterocycles. The summed E-state index contributed by atoms with van der Waals surface area (Å²) in [5.74, 6) is 0.735. The molecule has 5 rings (SSSR count). The van der Waals surface area contributed by atoms with Gasteiger partial charge in [0.2, 0.25) is 5.75 Å². The van der Waals surface area contributed by atoms with Crippen molar-refractivity contribution in [2.45, 2.75) is 38.9 Å². The van der Waals surface area contributed by atoms with E-state index in [0.717, 1.165) is 30.4 Å². The lowest BCUT2D eigenvalue weighted by Crippen LogP contribution is -2.47. The van der Waals surface area contributed by atoms with E-state index in [4.69, 9.17) is 22.1 Å². The first kappa shape index (κ1) is 26.7. The summed E-state index contributed by atoms with van der Waals surface area (Å²) < 4.78 is 22.7. The Morgan fingerprint density at radius 2 is 1.89 bits per heavy atom. The van der Waals surface area contributed by atoms with Crippen LogP contribution in [0.2, 0.25) is 5.02 Å². The van der Waals surface area contributed by atoms with E-state index in [0.29, 0.717) is 66.4 Å². The molecule has 0 radical (unpaired) electrons. The van der Waals surface area contributed by atoms with E-state index >= 15 is 0 Å². The summed E-state index contributed by atoms with van der Waals surface area (Å²) in [6.45, 7) is 7.06. The minimum Gasteiger partial charge on any atom is -0.486 e. The van der Waals surface area contributed by atoms with Crippen LogP contribution in [-0.4, -0.2) is 51.1 Å². The van der Waals surface area contributed by atoms with E-state index in [1.807, 2.05) is 29.4 Å². The van der Waals surface area contributed by atoms with Crippen molar-refractivity contribution in [1.29, 1.82) is 0 Å². The molecule has 38 heavy (non-hydrogen) atoms. The van der Waals surface area contributed by atoms with Crippen molar-refractivity contribution >= 4 is 34.0 Å². The highest BCUT2D eigenvalue weighted by Crippen LogP contribution is 2.49. The third-order valence-corrected chi connectivity index (χ3v) is 9.45. The lowest BCUT2D eigenvalue weighted by Gasteiger charge is -2.35. The number of rotatable bonds is 9. The number of ether oxygens (including phenoxy) is 1. The van der Waals surface area contributed by atoms with Crippen LogP contribution in [0.5, 0.6) is 5.75 Å². The first-order valence-electron chi connectivity index (χ1n) is 13.0. The second-order valence-electron chi connectivity index (χ2n) is 10.3. The van der Waals surface area contributed by atoms with E-state index in [1.54, 1.807) is 30.5 Å². The number of anilines is 2. The molecule has 3 aromatic rings. The van der Waals surface area contributed by atoms with Crippen molar-refractivity contribution in [2.24, 2.45) is 5.41 Å². The molecule has 1 aliphatic carbocycles. The van der Waals surface area contributed by atoms with Gasteiger partial charge in [-0.3, -0.25) is 4.79 Å². The first-order valence-corrected chi connectivity index (χ1v) is 14.7. The average molecular weight is 556 g/mol. The molecule has 2 heterocycles. The molecule has 2 aliphatic rings. The lowest BCUT2D eigenvalue weighted by molar-refractivity contribution is 0.226. The maximum Gasteiger partial charge on any atom is 0.316 e. The van der Waals surface area contributed by atoms with Crippen LogP contribution in [0, 0.1) is 12.3 Å². The number of nitrogens with two attached hydrogens (primary N) is 1. The monoisotopic (exact) mass is 555 g/mol. The number of hydrogen-bond acceptors (Lipinski definition) is 6. The number of piperazine rings is 1. The number of nitrogens with zero attached hydrogens (tertiary/aromatic N) is 4. The predicted molar refractivity (Wildman–Crippen MR) is 154 cm³/mol. The molecule has 2 N–H and O–H groups in total. The Bertz CT molecular complexity index is 1400. The van der Waals surface area contributed by atoms with Crippen LogP contribution in [0.4, 0.5) is 11.4 Å². The Balaban J connectivity index is 1.34. The smallest absolute Gasteiger partial charge is 0.316 e. The zero-order valence-electron chi connectivity index (χ0n) is 21.9. The molecule has 1 saturated carbocycles. The minimum absolute atomic E-state index is 0.156. The van der Waals surface area contributed by atoms with Crippen molar-refractivity contribution < 1.29 is 8.95 Å². The van der Waals surface area contributed by atoms with Crippen molar-refractivity contribution in [3.05, 3.63) is 75.2 Å².